The highest BCUT2D eigenvalue weighted by Crippen LogP contribution is 2.30. The molecule has 2 rings (SSSR count). The van der Waals surface area contributed by atoms with Gasteiger partial charge in [0.25, 0.3) is 0 Å². The number of hydrogen-bond donors (Lipinski definition) is 0. The number of nitrogens with zero attached hydrogens (tertiary/aromatic N) is 2. The summed E-state index contributed by atoms with van der Waals surface area (Å²) in [5.41, 5.74) is 8.41. The summed E-state index contributed by atoms with van der Waals surface area (Å²) in [5, 5.41) is 0. The minimum atomic E-state index is 0.0982. The fourth-order valence-corrected chi connectivity index (χ4v) is 3.29. The Bertz CT molecular complexity index is 840. The Balaban J connectivity index is 2.39. The predicted molar refractivity (Wildman–Crippen MR) is 120 cm³/mol. The molecule has 0 N–H and O–H groups in total. The summed E-state index contributed by atoms with van der Waals surface area (Å²) in [5.74, 6) is 0. The van der Waals surface area contributed by atoms with Gasteiger partial charge >= 0.3 is 0 Å². The first-order valence-corrected chi connectivity index (χ1v) is 9.55. The molecule has 0 radical (unpaired) electrons. The Labute approximate surface area is 164 Å². The molecule has 2 heteroatoms. The van der Waals surface area contributed by atoms with E-state index >= 15 is 0 Å². The van der Waals surface area contributed by atoms with E-state index in [2.05, 4.69) is 58.0 Å². The molecule has 0 atom stereocenters. The van der Waals surface area contributed by atoms with Gasteiger partial charge in [0, 0.05) is 7.05 Å². The predicted octanol–water partition coefficient (Wildman–Crippen LogP) is 6.11. The molecule has 0 bridgehead atoms. The van der Waals surface area contributed by atoms with E-state index < -0.39 is 0 Å². The molecule has 1 aromatic rings. The topological polar surface area (TPSA) is 24.7 Å². The molecular formula is C25H32N2. The minimum Gasteiger partial charge on any atom is -0.286 e. The van der Waals surface area contributed by atoms with Crippen molar-refractivity contribution in [3.8, 4) is 0 Å². The monoisotopic (exact) mass is 360 g/mol. The maximum atomic E-state index is 4.86. The van der Waals surface area contributed by atoms with Crippen LogP contribution in [0.1, 0.15) is 49.4 Å². The lowest BCUT2D eigenvalue weighted by molar-refractivity contribution is 0.583. The van der Waals surface area contributed by atoms with E-state index in [1.807, 2.05) is 37.4 Å². The van der Waals surface area contributed by atoms with Crippen LogP contribution in [0.15, 0.2) is 71.2 Å². The van der Waals surface area contributed by atoms with E-state index in [0.29, 0.717) is 6.54 Å². The van der Waals surface area contributed by atoms with Gasteiger partial charge < -0.3 is 0 Å². The molecule has 0 unspecified atom stereocenters. The first-order valence-electron chi connectivity index (χ1n) is 9.55. The second-order valence-electron chi connectivity index (χ2n) is 8.07. The van der Waals surface area contributed by atoms with E-state index in [0.717, 1.165) is 29.8 Å². The van der Waals surface area contributed by atoms with Crippen molar-refractivity contribution in [2.24, 2.45) is 9.98 Å². The van der Waals surface area contributed by atoms with Gasteiger partial charge in [-0.2, -0.15) is 0 Å². The van der Waals surface area contributed by atoms with E-state index in [9.17, 15) is 0 Å². The summed E-state index contributed by atoms with van der Waals surface area (Å²) in [4.78, 5) is 9.18. The molecule has 0 saturated carbocycles. The molecule has 0 aliphatic heterocycles. The third-order valence-corrected chi connectivity index (χ3v) is 4.95. The van der Waals surface area contributed by atoms with Crippen LogP contribution in [0.4, 0.5) is 0 Å². The minimum absolute atomic E-state index is 0.0982. The first-order chi connectivity index (χ1) is 12.8. The van der Waals surface area contributed by atoms with E-state index in [-0.39, 0.29) is 5.41 Å². The van der Waals surface area contributed by atoms with Gasteiger partial charge in [-0.1, -0.05) is 69.9 Å². The fraction of sp³-hybridized carbons (Fsp3) is 0.360. The highest BCUT2D eigenvalue weighted by Gasteiger charge is 2.19. The van der Waals surface area contributed by atoms with Crippen molar-refractivity contribution >= 4 is 11.4 Å². The van der Waals surface area contributed by atoms with Gasteiger partial charge in [-0.3, -0.25) is 9.98 Å². The molecule has 0 amide bonds. The summed E-state index contributed by atoms with van der Waals surface area (Å²) in [7, 11) is 1.81. The summed E-state index contributed by atoms with van der Waals surface area (Å²) in [6, 6.07) is 4.65. The van der Waals surface area contributed by atoms with Crippen molar-refractivity contribution in [3.05, 3.63) is 83.5 Å². The summed E-state index contributed by atoms with van der Waals surface area (Å²) >= 11 is 0. The zero-order valence-electron chi connectivity index (χ0n) is 17.5. The quantitative estimate of drug-likeness (QED) is 0.432. The molecule has 27 heavy (non-hydrogen) atoms. The van der Waals surface area contributed by atoms with Crippen LogP contribution in [0, 0.1) is 6.92 Å². The Morgan fingerprint density at radius 1 is 1.11 bits per heavy atom. The van der Waals surface area contributed by atoms with Gasteiger partial charge in [0.05, 0.1) is 18.0 Å². The van der Waals surface area contributed by atoms with Gasteiger partial charge in [0.1, 0.15) is 0 Å². The van der Waals surface area contributed by atoms with Crippen molar-refractivity contribution in [2.45, 2.75) is 52.5 Å². The smallest absolute Gasteiger partial charge is 0.0830 e. The van der Waals surface area contributed by atoms with E-state index in [4.69, 9.17) is 4.99 Å². The molecule has 2 nitrogen and oxygen atoms in total. The van der Waals surface area contributed by atoms with Crippen molar-refractivity contribution in [3.63, 3.8) is 0 Å². The van der Waals surface area contributed by atoms with E-state index in [1.54, 1.807) is 0 Å². The van der Waals surface area contributed by atoms with Gasteiger partial charge in [-0.25, -0.2) is 0 Å². The molecule has 0 spiro atoms. The van der Waals surface area contributed by atoms with Crippen LogP contribution in [0.3, 0.4) is 0 Å². The highest BCUT2D eigenvalue weighted by molar-refractivity contribution is 6.51. The molecule has 1 aromatic carbocycles. The van der Waals surface area contributed by atoms with Crippen LogP contribution in [0.25, 0.3) is 0 Å². The van der Waals surface area contributed by atoms with Crippen LogP contribution in [-0.2, 0) is 18.4 Å². The van der Waals surface area contributed by atoms with Crippen LogP contribution >= 0.6 is 0 Å². The Kier molecular flexibility index (Phi) is 6.90. The maximum absolute atomic E-state index is 4.86. The normalized spacial score (nSPS) is 16.9. The number of aliphatic imine (C=N–C) groups is 2. The second kappa shape index (κ2) is 8.94. The van der Waals surface area contributed by atoms with Crippen molar-refractivity contribution < 1.29 is 0 Å². The Morgan fingerprint density at radius 2 is 1.78 bits per heavy atom. The third-order valence-electron chi connectivity index (χ3n) is 4.95. The van der Waals surface area contributed by atoms with Crippen LogP contribution in [0.5, 0.6) is 0 Å². The lowest BCUT2D eigenvalue weighted by Gasteiger charge is -2.25. The second-order valence-corrected chi connectivity index (χ2v) is 8.07. The molecular weight excluding hydrogens is 328 g/mol. The molecule has 142 valence electrons. The SMILES string of the molecule is C=CC(=C)CCc1cc(CN=C2C=CC=CC2=NC)c(C)c(C(C)(C)C)c1. The average molecular weight is 361 g/mol. The zero-order chi connectivity index (χ0) is 20.0. The molecule has 0 aromatic heterocycles. The molecule has 0 fully saturated rings. The third kappa shape index (κ3) is 5.50. The number of rotatable bonds is 6. The number of hydrogen-bond acceptors (Lipinski definition) is 2. The van der Waals surface area contributed by atoms with E-state index in [1.165, 1.54) is 22.3 Å². The lowest BCUT2D eigenvalue weighted by Crippen LogP contribution is -2.16. The first kappa shape index (κ1) is 20.8. The maximum Gasteiger partial charge on any atom is 0.0830 e. The Hall–Kier alpha value is -2.48. The fourth-order valence-electron chi connectivity index (χ4n) is 3.29. The summed E-state index contributed by atoms with van der Waals surface area (Å²) < 4.78 is 0. The molecule has 0 saturated heterocycles. The number of aryl methyl sites for hydroxylation is 1. The van der Waals surface area contributed by atoms with Crippen molar-refractivity contribution in [1.82, 2.24) is 0 Å². The number of benzene rings is 1. The van der Waals surface area contributed by atoms with Gasteiger partial charge in [-0.15, -0.1) is 0 Å². The Morgan fingerprint density at radius 3 is 2.37 bits per heavy atom. The lowest BCUT2D eigenvalue weighted by atomic mass is 9.81. The van der Waals surface area contributed by atoms with Crippen LogP contribution in [-0.4, -0.2) is 18.5 Å². The van der Waals surface area contributed by atoms with Crippen molar-refractivity contribution in [2.75, 3.05) is 7.05 Å². The highest BCUT2D eigenvalue weighted by atomic mass is 14.8. The average Bonchev–Trinajstić information content (AvgIpc) is 2.64. The van der Waals surface area contributed by atoms with Crippen LogP contribution < -0.4 is 0 Å². The largest absolute Gasteiger partial charge is 0.286 e. The van der Waals surface area contributed by atoms with Gasteiger partial charge in [0.15, 0.2) is 0 Å². The molecule has 1 aliphatic carbocycles. The zero-order valence-corrected chi connectivity index (χ0v) is 17.5. The van der Waals surface area contributed by atoms with Gasteiger partial charge in [-0.05, 0) is 59.6 Å². The standard InChI is InChI=1S/C25H32N2/c1-8-18(2)13-14-20-15-21(19(3)22(16-20)25(4,5)6)17-27-24-12-10-9-11-23(24)26-7/h8-12,15-16H,1-2,13-14,17H2,3-7H3. The number of allylic oxidation sites excluding steroid dienone is 6. The van der Waals surface area contributed by atoms with Gasteiger partial charge in [0.2, 0.25) is 0 Å². The molecule has 1 aliphatic rings. The van der Waals surface area contributed by atoms with Crippen molar-refractivity contribution in [1.29, 1.82) is 0 Å². The summed E-state index contributed by atoms with van der Waals surface area (Å²) in [6.07, 6.45) is 11.8. The van der Waals surface area contributed by atoms with Crippen LogP contribution in [0.2, 0.25) is 0 Å². The molecule has 0 heterocycles. The summed E-state index contributed by atoms with van der Waals surface area (Å²) in [6.45, 7) is 17.6.